The molecule has 34 heavy (non-hydrogen) atoms. The van der Waals surface area contributed by atoms with E-state index in [2.05, 4.69) is 10.6 Å². The highest BCUT2D eigenvalue weighted by Crippen LogP contribution is 2.11. The van der Waals surface area contributed by atoms with Crippen LogP contribution in [0.25, 0.3) is 0 Å². The first-order valence-electron chi connectivity index (χ1n) is 10.8. The first-order valence-corrected chi connectivity index (χ1v) is 10.8. The lowest BCUT2D eigenvalue weighted by Gasteiger charge is -2.23. The Labute approximate surface area is 198 Å². The van der Waals surface area contributed by atoms with E-state index < -0.39 is 41.9 Å². The minimum Gasteiger partial charge on any atom is -0.469 e. The average Bonchev–Trinajstić information content (AvgIpc) is 2.86. The van der Waals surface area contributed by atoms with Gasteiger partial charge in [-0.1, -0.05) is 67.6 Å². The van der Waals surface area contributed by atoms with E-state index in [1.165, 1.54) is 14.2 Å². The summed E-state index contributed by atoms with van der Waals surface area (Å²) < 4.78 is 14.7. The average molecular weight is 471 g/mol. The minimum absolute atomic E-state index is 0.0262. The molecule has 0 fully saturated rings. The molecule has 3 atom stereocenters. The molecule has 0 aromatic heterocycles. The maximum absolute atomic E-state index is 13.1. The Bertz CT molecular complexity index is 950. The van der Waals surface area contributed by atoms with Crippen LogP contribution in [0.15, 0.2) is 60.7 Å². The molecular weight excluding hydrogens is 440 g/mol. The predicted molar refractivity (Wildman–Crippen MR) is 123 cm³/mol. The second-order valence-corrected chi connectivity index (χ2v) is 7.69. The van der Waals surface area contributed by atoms with Gasteiger partial charge in [0.05, 0.1) is 20.1 Å². The number of ether oxygens (including phenoxy) is 3. The topological polar surface area (TPSA) is 120 Å². The quantitative estimate of drug-likeness (QED) is 0.382. The third-order valence-electron chi connectivity index (χ3n) is 5.10. The van der Waals surface area contributed by atoms with Gasteiger partial charge in [-0.3, -0.25) is 9.59 Å². The molecule has 0 aliphatic rings. The molecule has 2 rings (SSSR count). The number of amides is 2. The summed E-state index contributed by atoms with van der Waals surface area (Å²) in [5.41, 5.74) is 1.59. The number of benzene rings is 2. The molecular formula is C25H30N2O7. The Hall–Kier alpha value is -3.88. The van der Waals surface area contributed by atoms with Gasteiger partial charge in [0.15, 0.2) is 0 Å². The predicted octanol–water partition coefficient (Wildman–Crippen LogP) is 2.38. The molecule has 2 amide bonds. The second kappa shape index (κ2) is 13.6. The van der Waals surface area contributed by atoms with Crippen LogP contribution in [0.1, 0.15) is 24.5 Å². The first kappa shape index (κ1) is 26.4. The fourth-order valence-electron chi connectivity index (χ4n) is 3.25. The van der Waals surface area contributed by atoms with Crippen molar-refractivity contribution in [3.63, 3.8) is 0 Å². The molecule has 9 nitrogen and oxygen atoms in total. The number of carbonyl (C=O) groups excluding carboxylic acids is 4. The zero-order valence-electron chi connectivity index (χ0n) is 19.5. The minimum atomic E-state index is -1.10. The van der Waals surface area contributed by atoms with E-state index in [-0.39, 0.29) is 19.4 Å². The monoisotopic (exact) mass is 470 g/mol. The van der Waals surface area contributed by atoms with Gasteiger partial charge in [-0.25, -0.2) is 9.59 Å². The fraction of sp³-hybridized carbons (Fsp3) is 0.360. The van der Waals surface area contributed by atoms with Crippen LogP contribution in [0, 0.1) is 5.92 Å². The van der Waals surface area contributed by atoms with E-state index >= 15 is 0 Å². The molecule has 0 radical (unpaired) electrons. The van der Waals surface area contributed by atoms with Gasteiger partial charge in [-0.15, -0.1) is 0 Å². The molecule has 0 saturated heterocycles. The van der Waals surface area contributed by atoms with E-state index in [0.29, 0.717) is 0 Å². The Balaban J connectivity index is 2.11. The molecule has 182 valence electrons. The summed E-state index contributed by atoms with van der Waals surface area (Å²) in [6.07, 6.45) is -0.646. The summed E-state index contributed by atoms with van der Waals surface area (Å²) in [6, 6.07) is 16.1. The molecule has 2 N–H and O–H groups in total. The number of methoxy groups -OCH3 is 2. The van der Waals surface area contributed by atoms with Crippen LogP contribution in [0.5, 0.6) is 0 Å². The Morgan fingerprint density at radius 2 is 1.32 bits per heavy atom. The molecule has 0 bridgehead atoms. The van der Waals surface area contributed by atoms with Crippen LogP contribution >= 0.6 is 0 Å². The molecule has 2 aromatic rings. The molecule has 9 heteroatoms. The molecule has 0 spiro atoms. The molecule has 2 aromatic carbocycles. The zero-order chi connectivity index (χ0) is 24.9. The van der Waals surface area contributed by atoms with Crippen molar-refractivity contribution in [2.75, 3.05) is 14.2 Å². The summed E-state index contributed by atoms with van der Waals surface area (Å²) in [7, 11) is 2.43. The van der Waals surface area contributed by atoms with Crippen molar-refractivity contribution in [2.45, 2.75) is 38.5 Å². The van der Waals surface area contributed by atoms with Crippen molar-refractivity contribution < 1.29 is 33.4 Å². The van der Waals surface area contributed by atoms with Crippen molar-refractivity contribution in [3.05, 3.63) is 71.8 Å². The summed E-state index contributed by atoms with van der Waals surface area (Å²) in [4.78, 5) is 49.6. The summed E-state index contributed by atoms with van der Waals surface area (Å²) >= 11 is 0. The molecule has 0 aliphatic heterocycles. The number of nitrogens with one attached hydrogen (secondary N) is 2. The zero-order valence-corrected chi connectivity index (χ0v) is 19.5. The second-order valence-electron chi connectivity index (χ2n) is 7.69. The van der Waals surface area contributed by atoms with Crippen LogP contribution in [0.2, 0.25) is 0 Å². The number of esters is 2. The first-order chi connectivity index (χ1) is 16.3. The van der Waals surface area contributed by atoms with E-state index in [4.69, 9.17) is 14.2 Å². The third-order valence-corrected chi connectivity index (χ3v) is 5.10. The Kier molecular flexibility index (Phi) is 10.6. The van der Waals surface area contributed by atoms with E-state index in [9.17, 15) is 19.2 Å². The van der Waals surface area contributed by atoms with Gasteiger partial charge < -0.3 is 24.8 Å². The van der Waals surface area contributed by atoms with Crippen LogP contribution in [-0.4, -0.2) is 50.2 Å². The van der Waals surface area contributed by atoms with E-state index in [0.717, 1.165) is 11.1 Å². The summed E-state index contributed by atoms with van der Waals surface area (Å²) in [5.74, 6) is -2.51. The van der Waals surface area contributed by atoms with Gasteiger partial charge in [0.1, 0.15) is 18.7 Å². The fourth-order valence-corrected chi connectivity index (χ4v) is 3.25. The molecule has 0 saturated carbocycles. The standard InChI is InChI=1S/C25H30N2O7/c1-17(23(29)32-2)14-21(24(30)33-3)26-22(28)20(15-18-10-6-4-7-11-18)27-25(31)34-16-19-12-8-5-9-13-19/h4-13,17,20-21H,14-16H2,1-3H3,(H,26,28)(H,27,31)/t17-,20-,21-/m1/s1. The lowest BCUT2D eigenvalue weighted by atomic mass is 10.0. The van der Waals surface area contributed by atoms with Gasteiger partial charge >= 0.3 is 18.0 Å². The van der Waals surface area contributed by atoms with Crippen molar-refractivity contribution in [1.82, 2.24) is 10.6 Å². The summed E-state index contributed by atoms with van der Waals surface area (Å²) in [6.45, 7) is 1.61. The van der Waals surface area contributed by atoms with Gasteiger partial charge in [-0.2, -0.15) is 0 Å². The number of hydrogen-bond acceptors (Lipinski definition) is 7. The number of alkyl carbamates (subject to hydrolysis) is 1. The molecule has 0 unspecified atom stereocenters. The van der Waals surface area contributed by atoms with Crippen molar-refractivity contribution >= 4 is 23.9 Å². The van der Waals surface area contributed by atoms with E-state index in [1.807, 2.05) is 60.7 Å². The van der Waals surface area contributed by atoms with Crippen LogP contribution in [-0.2, 0) is 41.6 Å². The van der Waals surface area contributed by atoms with Crippen molar-refractivity contribution in [1.29, 1.82) is 0 Å². The highest BCUT2D eigenvalue weighted by Gasteiger charge is 2.31. The normalized spacial score (nSPS) is 13.0. The lowest BCUT2D eigenvalue weighted by Crippen LogP contribution is -2.53. The Morgan fingerprint density at radius 1 is 0.765 bits per heavy atom. The van der Waals surface area contributed by atoms with E-state index in [1.54, 1.807) is 6.92 Å². The molecule has 0 heterocycles. The van der Waals surface area contributed by atoms with Crippen molar-refractivity contribution in [2.24, 2.45) is 5.92 Å². The smallest absolute Gasteiger partial charge is 0.408 e. The maximum Gasteiger partial charge on any atom is 0.408 e. The van der Waals surface area contributed by atoms with Crippen LogP contribution in [0.3, 0.4) is 0 Å². The highest BCUT2D eigenvalue weighted by molar-refractivity contribution is 5.90. The summed E-state index contributed by atoms with van der Waals surface area (Å²) in [5, 5.41) is 5.15. The SMILES string of the molecule is COC(=O)[C@H](C)C[C@@H](NC(=O)[C@@H](Cc1ccccc1)NC(=O)OCc1ccccc1)C(=O)OC. The number of carbonyl (C=O) groups is 4. The van der Waals surface area contributed by atoms with Crippen LogP contribution < -0.4 is 10.6 Å². The lowest BCUT2D eigenvalue weighted by molar-refractivity contribution is -0.149. The van der Waals surface area contributed by atoms with Gasteiger partial charge in [-0.05, 0) is 17.5 Å². The highest BCUT2D eigenvalue weighted by atomic mass is 16.5. The molecule has 0 aliphatic carbocycles. The third kappa shape index (κ3) is 8.57. The Morgan fingerprint density at radius 3 is 1.88 bits per heavy atom. The van der Waals surface area contributed by atoms with Gasteiger partial charge in [0, 0.05) is 6.42 Å². The van der Waals surface area contributed by atoms with Gasteiger partial charge in [0.25, 0.3) is 0 Å². The largest absolute Gasteiger partial charge is 0.469 e. The number of hydrogen-bond donors (Lipinski definition) is 2. The van der Waals surface area contributed by atoms with Crippen molar-refractivity contribution in [3.8, 4) is 0 Å². The maximum atomic E-state index is 13.1. The number of rotatable bonds is 11. The van der Waals surface area contributed by atoms with Crippen LogP contribution in [0.4, 0.5) is 4.79 Å². The van der Waals surface area contributed by atoms with Gasteiger partial charge in [0.2, 0.25) is 5.91 Å².